The van der Waals surface area contributed by atoms with Crippen LogP contribution in [0.4, 0.5) is 4.39 Å². The van der Waals surface area contributed by atoms with Gasteiger partial charge in [0.2, 0.25) is 5.91 Å². The zero-order valence-corrected chi connectivity index (χ0v) is 18.7. The quantitative estimate of drug-likeness (QED) is 0.458. The maximum Gasteiger partial charge on any atom is 0.279 e. The van der Waals surface area contributed by atoms with Crippen LogP contribution >= 0.6 is 0 Å². The van der Waals surface area contributed by atoms with Crippen LogP contribution in [-0.2, 0) is 16.1 Å². The molecule has 0 spiro atoms. The van der Waals surface area contributed by atoms with Gasteiger partial charge in [-0.05, 0) is 43.9 Å². The summed E-state index contributed by atoms with van der Waals surface area (Å²) in [5.41, 5.74) is 1.83. The van der Waals surface area contributed by atoms with E-state index in [4.69, 9.17) is 4.74 Å². The number of nitrogens with zero attached hydrogens (tertiary/aromatic N) is 7. The third-order valence-electron chi connectivity index (χ3n) is 6.82. The number of amides is 1. The summed E-state index contributed by atoms with van der Waals surface area (Å²) in [6, 6.07) is 4.24. The summed E-state index contributed by atoms with van der Waals surface area (Å²) in [5, 5.41) is 8.53. The molecule has 0 N–H and O–H groups in total. The molecule has 34 heavy (non-hydrogen) atoms. The average Bonchev–Trinajstić information content (AvgIpc) is 3.61. The van der Waals surface area contributed by atoms with Crippen molar-refractivity contribution < 1.29 is 13.9 Å². The van der Waals surface area contributed by atoms with Crippen molar-refractivity contribution in [2.24, 2.45) is 0 Å². The standard InChI is InChI=1S/C23H24FN7O3/c1-14(32)28-8-2-5-18(28)17-12-31(27-26-17)22-21-23(33)29(11-16-4-3-9-34-16)20-10-15(24)6-7-19(20)30(21)13-25-22/h6-7,10,12-13,16,18H,2-5,8-9,11H2,1H3. The Morgan fingerprint density at radius 3 is 2.91 bits per heavy atom. The molecule has 0 saturated carbocycles. The van der Waals surface area contributed by atoms with Gasteiger partial charge in [0.25, 0.3) is 5.56 Å². The van der Waals surface area contributed by atoms with E-state index in [-0.39, 0.29) is 23.6 Å². The van der Waals surface area contributed by atoms with Crippen LogP contribution in [0.2, 0.25) is 0 Å². The largest absolute Gasteiger partial charge is 0.376 e. The van der Waals surface area contributed by atoms with Crippen LogP contribution in [-0.4, -0.2) is 59.0 Å². The highest BCUT2D eigenvalue weighted by Crippen LogP contribution is 2.31. The first-order valence-corrected chi connectivity index (χ1v) is 11.5. The highest BCUT2D eigenvalue weighted by molar-refractivity contribution is 5.81. The Morgan fingerprint density at radius 2 is 2.12 bits per heavy atom. The lowest BCUT2D eigenvalue weighted by molar-refractivity contribution is -0.129. The topological polar surface area (TPSA) is 99.6 Å². The fraction of sp³-hybridized carbons (Fsp3) is 0.435. The molecule has 0 bridgehead atoms. The minimum Gasteiger partial charge on any atom is -0.376 e. The second-order valence-electron chi connectivity index (χ2n) is 8.93. The molecule has 176 valence electrons. The Morgan fingerprint density at radius 1 is 1.24 bits per heavy atom. The van der Waals surface area contributed by atoms with Gasteiger partial charge in [-0.3, -0.25) is 14.0 Å². The molecule has 2 unspecified atom stereocenters. The van der Waals surface area contributed by atoms with Crippen molar-refractivity contribution in [1.82, 2.24) is 33.8 Å². The van der Waals surface area contributed by atoms with Crippen molar-refractivity contribution in [2.45, 2.75) is 51.3 Å². The summed E-state index contributed by atoms with van der Waals surface area (Å²) in [6.07, 6.45) is 6.67. The molecule has 1 aromatic carbocycles. The van der Waals surface area contributed by atoms with Crippen molar-refractivity contribution in [3.63, 3.8) is 0 Å². The van der Waals surface area contributed by atoms with Crippen LogP contribution in [0.3, 0.4) is 0 Å². The van der Waals surface area contributed by atoms with Gasteiger partial charge < -0.3 is 14.2 Å². The summed E-state index contributed by atoms with van der Waals surface area (Å²) < 4.78 is 24.6. The number of benzene rings is 1. The highest BCUT2D eigenvalue weighted by Gasteiger charge is 2.31. The molecule has 5 heterocycles. The number of ether oxygens (including phenoxy) is 1. The Kier molecular flexibility index (Phi) is 4.94. The van der Waals surface area contributed by atoms with Crippen molar-refractivity contribution in [2.75, 3.05) is 13.2 Å². The highest BCUT2D eigenvalue weighted by atomic mass is 19.1. The first-order valence-electron chi connectivity index (χ1n) is 11.5. The van der Waals surface area contributed by atoms with Crippen LogP contribution in [0.1, 0.15) is 44.3 Å². The van der Waals surface area contributed by atoms with Crippen LogP contribution < -0.4 is 5.56 Å². The van der Waals surface area contributed by atoms with Gasteiger partial charge in [-0.1, -0.05) is 5.21 Å². The lowest BCUT2D eigenvalue weighted by atomic mass is 10.1. The number of fused-ring (bicyclic) bond motifs is 3. The van der Waals surface area contributed by atoms with Gasteiger partial charge in [0.15, 0.2) is 11.3 Å². The number of imidazole rings is 1. The number of aromatic nitrogens is 6. The zero-order chi connectivity index (χ0) is 23.4. The second-order valence-corrected chi connectivity index (χ2v) is 8.93. The van der Waals surface area contributed by atoms with Gasteiger partial charge >= 0.3 is 0 Å². The number of halogens is 1. The van der Waals surface area contributed by atoms with Crippen LogP contribution in [0.5, 0.6) is 0 Å². The average molecular weight is 465 g/mol. The Hall–Kier alpha value is -3.60. The summed E-state index contributed by atoms with van der Waals surface area (Å²) >= 11 is 0. The molecule has 10 nitrogen and oxygen atoms in total. The molecule has 2 saturated heterocycles. The van der Waals surface area contributed by atoms with E-state index in [1.807, 2.05) is 0 Å². The lowest BCUT2D eigenvalue weighted by Crippen LogP contribution is -2.28. The summed E-state index contributed by atoms with van der Waals surface area (Å²) in [5.74, 6) is -0.0798. The molecule has 2 fully saturated rings. The molecule has 1 amide bonds. The molecule has 2 aliphatic heterocycles. The maximum absolute atomic E-state index is 14.1. The number of carbonyl (C=O) groups is 1. The minimum absolute atomic E-state index is 0.000196. The first kappa shape index (κ1) is 21.0. The smallest absolute Gasteiger partial charge is 0.279 e. The van der Waals surface area contributed by atoms with Gasteiger partial charge in [-0.2, -0.15) is 4.68 Å². The first-order chi connectivity index (χ1) is 16.5. The van der Waals surface area contributed by atoms with Gasteiger partial charge in [-0.15, -0.1) is 5.10 Å². The molecule has 3 aromatic heterocycles. The zero-order valence-electron chi connectivity index (χ0n) is 18.7. The summed E-state index contributed by atoms with van der Waals surface area (Å²) in [7, 11) is 0. The van der Waals surface area contributed by atoms with Crippen molar-refractivity contribution in [3.05, 3.63) is 52.6 Å². The van der Waals surface area contributed by atoms with Crippen molar-refractivity contribution in [3.8, 4) is 5.82 Å². The van der Waals surface area contributed by atoms with E-state index in [9.17, 15) is 14.0 Å². The van der Waals surface area contributed by atoms with Crippen LogP contribution in [0.25, 0.3) is 22.4 Å². The third kappa shape index (κ3) is 3.30. The van der Waals surface area contributed by atoms with E-state index >= 15 is 0 Å². The maximum atomic E-state index is 14.1. The molecule has 6 rings (SSSR count). The van der Waals surface area contributed by atoms with Gasteiger partial charge in [-0.25, -0.2) is 9.37 Å². The fourth-order valence-electron chi connectivity index (χ4n) is 5.20. The van der Waals surface area contributed by atoms with Crippen LogP contribution in [0, 0.1) is 5.82 Å². The molecule has 2 atom stereocenters. The minimum atomic E-state index is -0.416. The lowest BCUT2D eigenvalue weighted by Gasteiger charge is -2.20. The van der Waals surface area contributed by atoms with Crippen LogP contribution in [0.15, 0.2) is 35.5 Å². The third-order valence-corrected chi connectivity index (χ3v) is 6.82. The Labute approximate surface area is 193 Å². The van der Waals surface area contributed by atoms with E-state index in [0.717, 1.165) is 25.7 Å². The van der Waals surface area contributed by atoms with Crippen molar-refractivity contribution >= 4 is 22.5 Å². The van der Waals surface area contributed by atoms with E-state index in [0.29, 0.717) is 47.8 Å². The van der Waals surface area contributed by atoms with Gasteiger partial charge in [0.1, 0.15) is 17.8 Å². The van der Waals surface area contributed by atoms with Gasteiger partial charge in [0.05, 0.1) is 35.9 Å². The number of hydrogen-bond donors (Lipinski definition) is 0. The normalized spacial score (nSPS) is 20.7. The number of rotatable bonds is 4. The number of carbonyl (C=O) groups excluding carboxylic acids is 1. The van der Waals surface area contributed by atoms with Gasteiger partial charge in [0, 0.05) is 20.1 Å². The molecular weight excluding hydrogens is 441 g/mol. The monoisotopic (exact) mass is 465 g/mol. The molecule has 2 aliphatic rings. The van der Waals surface area contributed by atoms with Crippen molar-refractivity contribution in [1.29, 1.82) is 0 Å². The second kappa shape index (κ2) is 8.01. The number of hydrogen-bond acceptors (Lipinski definition) is 6. The molecular formula is C23H24FN7O3. The molecule has 4 aromatic rings. The molecule has 11 heteroatoms. The summed E-state index contributed by atoms with van der Waals surface area (Å²) in [4.78, 5) is 32.0. The summed E-state index contributed by atoms with van der Waals surface area (Å²) in [6.45, 7) is 3.23. The Balaban J connectivity index is 1.50. The fourth-order valence-corrected chi connectivity index (χ4v) is 5.20. The number of likely N-dealkylation sites (tertiary alicyclic amines) is 1. The Bertz CT molecular complexity index is 1470. The van der Waals surface area contributed by atoms with E-state index in [1.54, 1.807) is 39.4 Å². The van der Waals surface area contributed by atoms with E-state index < -0.39 is 5.82 Å². The van der Waals surface area contributed by atoms with E-state index in [2.05, 4.69) is 15.3 Å². The van der Waals surface area contributed by atoms with E-state index in [1.165, 1.54) is 16.8 Å². The predicted molar refractivity (Wildman–Crippen MR) is 120 cm³/mol. The molecule has 0 radical (unpaired) electrons. The molecule has 0 aliphatic carbocycles. The predicted octanol–water partition coefficient (Wildman–Crippen LogP) is 2.23. The SMILES string of the molecule is CC(=O)N1CCCC1c1cn(-c2ncn3c2c(=O)n(CC2CCCO2)c2cc(F)ccc23)nn1.